The van der Waals surface area contributed by atoms with E-state index in [1.54, 1.807) is 0 Å². The van der Waals surface area contributed by atoms with Crippen LogP contribution in [0, 0.1) is 0 Å². The summed E-state index contributed by atoms with van der Waals surface area (Å²) >= 11 is 0. The summed E-state index contributed by atoms with van der Waals surface area (Å²) in [5.74, 6) is 2.09. The highest BCUT2D eigenvalue weighted by atomic mass is 16.3. The summed E-state index contributed by atoms with van der Waals surface area (Å²) in [5, 5.41) is 15.7. The van der Waals surface area contributed by atoms with Gasteiger partial charge in [0.1, 0.15) is 5.82 Å². The molecule has 0 radical (unpaired) electrons. The predicted molar refractivity (Wildman–Crippen MR) is 106 cm³/mol. The summed E-state index contributed by atoms with van der Waals surface area (Å²) in [4.78, 5) is 11.2. The van der Waals surface area contributed by atoms with Crippen molar-refractivity contribution >= 4 is 23.1 Å². The molecule has 140 valence electrons. The number of hydrogen-bond donors (Lipinski definition) is 4. The molecule has 0 aliphatic heterocycles. The fourth-order valence-corrected chi connectivity index (χ4v) is 2.80. The summed E-state index contributed by atoms with van der Waals surface area (Å²) in [6.07, 6.45) is 5.27. The van der Waals surface area contributed by atoms with Crippen molar-refractivity contribution in [1.82, 2.24) is 9.97 Å². The minimum Gasteiger partial charge on any atom is -0.395 e. The molecule has 0 atom stereocenters. The van der Waals surface area contributed by atoms with Gasteiger partial charge in [0.25, 0.3) is 0 Å². The lowest BCUT2D eigenvalue weighted by Gasteiger charge is -2.18. The van der Waals surface area contributed by atoms with E-state index in [4.69, 9.17) is 10.8 Å². The van der Waals surface area contributed by atoms with E-state index in [0.717, 1.165) is 30.2 Å². The Morgan fingerprint density at radius 3 is 2.69 bits per heavy atom. The molecule has 0 spiro atoms. The number of hydrogen-bond acceptors (Lipinski definition) is 7. The molecule has 26 heavy (non-hydrogen) atoms. The molecular weight excluding hydrogens is 328 g/mol. The van der Waals surface area contributed by atoms with Crippen LogP contribution in [0.3, 0.4) is 0 Å². The quantitative estimate of drug-likeness (QED) is 0.485. The Labute approximate surface area is 154 Å². The number of anilines is 4. The summed E-state index contributed by atoms with van der Waals surface area (Å²) in [6.45, 7) is 2.23. The van der Waals surface area contributed by atoms with Crippen LogP contribution in [0.4, 0.5) is 23.1 Å². The van der Waals surface area contributed by atoms with E-state index in [1.807, 2.05) is 42.4 Å². The van der Waals surface area contributed by atoms with E-state index in [0.29, 0.717) is 25.0 Å². The van der Waals surface area contributed by atoms with Crippen LogP contribution < -0.4 is 21.3 Å². The molecule has 1 saturated carbocycles. The summed E-state index contributed by atoms with van der Waals surface area (Å²) in [7, 11) is 1.96. The standard InChI is InChI=1S/C19H28N6O/c1-25(11-12-26)16-7-5-15(6-8-16)23-19-22-13-17(14-3-4-14)18(24-19)21-10-2-9-20/h5-8,13-14,26H,2-4,9-12,20H2,1H3,(H2,21,22,23,24). The molecule has 0 saturated heterocycles. The van der Waals surface area contributed by atoms with Crippen molar-refractivity contribution in [3.05, 3.63) is 36.0 Å². The minimum atomic E-state index is 0.137. The van der Waals surface area contributed by atoms with Gasteiger partial charge in [-0.05, 0) is 56.0 Å². The molecule has 2 aromatic rings. The van der Waals surface area contributed by atoms with Gasteiger partial charge in [-0.3, -0.25) is 0 Å². The Hall–Kier alpha value is -2.38. The molecule has 0 bridgehead atoms. The van der Waals surface area contributed by atoms with Gasteiger partial charge < -0.3 is 26.4 Å². The Balaban J connectivity index is 1.69. The second-order valence-electron chi connectivity index (χ2n) is 6.66. The van der Waals surface area contributed by atoms with E-state index < -0.39 is 0 Å². The van der Waals surface area contributed by atoms with Crippen LogP contribution in [-0.4, -0.2) is 48.4 Å². The molecule has 0 amide bonds. The van der Waals surface area contributed by atoms with Gasteiger partial charge in [0.05, 0.1) is 6.61 Å². The third-order valence-electron chi connectivity index (χ3n) is 4.51. The second kappa shape index (κ2) is 8.82. The number of nitrogens with zero attached hydrogens (tertiary/aromatic N) is 3. The Bertz CT molecular complexity index is 702. The van der Waals surface area contributed by atoms with Crippen molar-refractivity contribution in [2.45, 2.75) is 25.2 Å². The lowest BCUT2D eigenvalue weighted by atomic mass is 10.2. The zero-order valence-electron chi connectivity index (χ0n) is 15.3. The predicted octanol–water partition coefficient (Wildman–Crippen LogP) is 2.29. The molecule has 7 heteroatoms. The monoisotopic (exact) mass is 356 g/mol. The summed E-state index contributed by atoms with van der Waals surface area (Å²) in [6, 6.07) is 8.00. The zero-order valence-corrected chi connectivity index (χ0v) is 15.3. The third kappa shape index (κ3) is 4.83. The van der Waals surface area contributed by atoms with Gasteiger partial charge in [0.15, 0.2) is 0 Å². The van der Waals surface area contributed by atoms with Gasteiger partial charge in [-0.2, -0.15) is 4.98 Å². The number of aliphatic hydroxyl groups excluding tert-OH is 1. The number of aromatic nitrogens is 2. The van der Waals surface area contributed by atoms with E-state index in [2.05, 4.69) is 20.6 Å². The molecule has 1 aromatic heterocycles. The molecule has 0 unspecified atom stereocenters. The van der Waals surface area contributed by atoms with Crippen LogP contribution in [0.1, 0.15) is 30.7 Å². The Morgan fingerprint density at radius 1 is 1.27 bits per heavy atom. The number of nitrogens with one attached hydrogen (secondary N) is 2. The number of benzene rings is 1. The Kier molecular flexibility index (Phi) is 6.25. The topological polar surface area (TPSA) is 99.3 Å². The summed E-state index contributed by atoms with van der Waals surface area (Å²) < 4.78 is 0. The van der Waals surface area contributed by atoms with Crippen LogP contribution in [0.15, 0.2) is 30.5 Å². The van der Waals surface area contributed by atoms with Crippen LogP contribution >= 0.6 is 0 Å². The first-order chi connectivity index (χ1) is 12.7. The van der Waals surface area contributed by atoms with Crippen LogP contribution in [-0.2, 0) is 0 Å². The molecule has 1 fully saturated rings. The fourth-order valence-electron chi connectivity index (χ4n) is 2.80. The second-order valence-corrected chi connectivity index (χ2v) is 6.66. The first-order valence-electron chi connectivity index (χ1n) is 9.21. The van der Waals surface area contributed by atoms with Gasteiger partial charge in [-0.25, -0.2) is 4.98 Å². The number of likely N-dealkylation sites (N-methyl/N-ethyl adjacent to an activating group) is 1. The highest BCUT2D eigenvalue weighted by Gasteiger charge is 2.27. The molecule has 1 heterocycles. The first kappa shape index (κ1) is 18.4. The molecule has 1 aromatic carbocycles. The molecule has 3 rings (SSSR count). The highest BCUT2D eigenvalue weighted by molar-refractivity contribution is 5.60. The van der Waals surface area contributed by atoms with Gasteiger partial charge in [-0.1, -0.05) is 0 Å². The van der Waals surface area contributed by atoms with Gasteiger partial charge in [-0.15, -0.1) is 0 Å². The first-order valence-corrected chi connectivity index (χ1v) is 9.21. The maximum Gasteiger partial charge on any atom is 0.229 e. The molecular formula is C19H28N6O. The van der Waals surface area contributed by atoms with Gasteiger partial charge in [0, 0.05) is 43.3 Å². The normalized spacial score (nSPS) is 13.5. The van der Waals surface area contributed by atoms with Crippen molar-refractivity contribution in [3.8, 4) is 0 Å². The van der Waals surface area contributed by atoms with Crippen LogP contribution in [0.5, 0.6) is 0 Å². The van der Waals surface area contributed by atoms with Crippen molar-refractivity contribution in [1.29, 1.82) is 0 Å². The highest BCUT2D eigenvalue weighted by Crippen LogP contribution is 2.42. The minimum absolute atomic E-state index is 0.137. The fraction of sp³-hybridized carbons (Fsp3) is 0.474. The van der Waals surface area contributed by atoms with Gasteiger partial charge >= 0.3 is 0 Å². The van der Waals surface area contributed by atoms with Crippen LogP contribution in [0.25, 0.3) is 0 Å². The van der Waals surface area contributed by atoms with Crippen molar-refractivity contribution in [2.75, 3.05) is 48.8 Å². The van der Waals surface area contributed by atoms with Crippen molar-refractivity contribution in [3.63, 3.8) is 0 Å². The lowest BCUT2D eigenvalue weighted by Crippen LogP contribution is -2.20. The smallest absolute Gasteiger partial charge is 0.229 e. The van der Waals surface area contributed by atoms with E-state index in [9.17, 15) is 0 Å². The molecule has 1 aliphatic rings. The Morgan fingerprint density at radius 2 is 2.04 bits per heavy atom. The third-order valence-corrected chi connectivity index (χ3v) is 4.51. The van der Waals surface area contributed by atoms with Crippen molar-refractivity contribution in [2.24, 2.45) is 5.73 Å². The number of aliphatic hydroxyl groups is 1. The number of rotatable bonds is 10. The average Bonchev–Trinajstić information content (AvgIpc) is 3.48. The van der Waals surface area contributed by atoms with E-state index >= 15 is 0 Å². The SMILES string of the molecule is CN(CCO)c1ccc(Nc2ncc(C3CC3)c(NCCCN)n2)cc1. The van der Waals surface area contributed by atoms with Crippen LogP contribution in [0.2, 0.25) is 0 Å². The lowest BCUT2D eigenvalue weighted by molar-refractivity contribution is 0.304. The zero-order chi connectivity index (χ0) is 18.4. The molecule has 7 nitrogen and oxygen atoms in total. The molecule has 1 aliphatic carbocycles. The largest absolute Gasteiger partial charge is 0.395 e. The average molecular weight is 356 g/mol. The maximum absolute atomic E-state index is 9.03. The molecule has 5 N–H and O–H groups in total. The van der Waals surface area contributed by atoms with E-state index in [-0.39, 0.29) is 6.61 Å². The maximum atomic E-state index is 9.03. The van der Waals surface area contributed by atoms with E-state index in [1.165, 1.54) is 18.4 Å². The van der Waals surface area contributed by atoms with Crippen molar-refractivity contribution < 1.29 is 5.11 Å². The van der Waals surface area contributed by atoms with Gasteiger partial charge in [0.2, 0.25) is 5.95 Å². The number of nitrogens with two attached hydrogens (primary N) is 1. The summed E-state index contributed by atoms with van der Waals surface area (Å²) in [5.41, 5.74) is 8.77.